The Balaban J connectivity index is 3.19. The number of hydrogen-bond acceptors (Lipinski definition) is 4. The zero-order valence-electron chi connectivity index (χ0n) is 8.07. The Bertz CT molecular complexity index is 128. The second-order valence-electron chi connectivity index (χ2n) is 2.99. The molecule has 0 bridgehead atoms. The highest BCUT2D eigenvalue weighted by Gasteiger charge is 2.03. The van der Waals surface area contributed by atoms with Crippen molar-refractivity contribution >= 4 is 0 Å². The predicted octanol–water partition coefficient (Wildman–Crippen LogP) is -0.480. The summed E-state index contributed by atoms with van der Waals surface area (Å²) < 4.78 is 5.03. The van der Waals surface area contributed by atoms with E-state index in [0.717, 1.165) is 0 Å². The maximum Gasteiger partial charge on any atom is 0.0897 e. The van der Waals surface area contributed by atoms with Crippen LogP contribution in [0.2, 0.25) is 0 Å². The van der Waals surface area contributed by atoms with E-state index in [2.05, 4.69) is 11.9 Å². The van der Waals surface area contributed by atoms with Crippen molar-refractivity contribution in [3.05, 3.63) is 12.7 Å². The second-order valence-corrected chi connectivity index (χ2v) is 2.99. The van der Waals surface area contributed by atoms with E-state index in [9.17, 15) is 5.11 Å². The summed E-state index contributed by atoms with van der Waals surface area (Å²) in [5.74, 6) is 0. The predicted molar refractivity (Wildman–Crippen MR) is 51.6 cm³/mol. The maximum atomic E-state index is 9.29. The number of rotatable bonds is 8. The number of nitrogens with one attached hydrogen (secondary N) is 1. The summed E-state index contributed by atoms with van der Waals surface area (Å²) in [4.78, 5) is 0. The fraction of sp³-hybridized carbons (Fsp3) is 0.778. The molecule has 0 aliphatic carbocycles. The van der Waals surface area contributed by atoms with Crippen molar-refractivity contribution in [3.63, 3.8) is 0 Å². The van der Waals surface area contributed by atoms with Crippen molar-refractivity contribution in [2.75, 3.05) is 26.3 Å². The standard InChI is InChI=1S/C9H19NO3/c1-3-4-13-7-9(12)6-10-5-8(2)11/h3,8-12H,1,4-7H2,2H3. The Morgan fingerprint density at radius 3 is 2.69 bits per heavy atom. The van der Waals surface area contributed by atoms with E-state index in [0.29, 0.717) is 26.3 Å². The SMILES string of the molecule is C=CCOCC(O)CNCC(C)O. The fourth-order valence-corrected chi connectivity index (χ4v) is 0.805. The van der Waals surface area contributed by atoms with E-state index < -0.39 is 6.10 Å². The van der Waals surface area contributed by atoms with Gasteiger partial charge in [0.15, 0.2) is 0 Å². The molecule has 13 heavy (non-hydrogen) atoms. The minimum Gasteiger partial charge on any atom is -0.392 e. The molecule has 0 spiro atoms. The van der Waals surface area contributed by atoms with Crippen molar-refractivity contribution in [1.82, 2.24) is 5.32 Å². The lowest BCUT2D eigenvalue weighted by atomic mass is 10.3. The van der Waals surface area contributed by atoms with Crippen LogP contribution in [0.1, 0.15) is 6.92 Å². The third kappa shape index (κ3) is 9.49. The largest absolute Gasteiger partial charge is 0.392 e. The topological polar surface area (TPSA) is 61.7 Å². The van der Waals surface area contributed by atoms with Crippen molar-refractivity contribution in [3.8, 4) is 0 Å². The Hall–Kier alpha value is -0.420. The molecule has 0 aliphatic heterocycles. The van der Waals surface area contributed by atoms with Gasteiger partial charge in [-0.2, -0.15) is 0 Å². The normalized spacial score (nSPS) is 15.3. The van der Waals surface area contributed by atoms with Crippen molar-refractivity contribution in [2.45, 2.75) is 19.1 Å². The number of aliphatic hydroxyl groups is 2. The molecule has 0 saturated carbocycles. The summed E-state index contributed by atoms with van der Waals surface area (Å²) in [7, 11) is 0. The van der Waals surface area contributed by atoms with Crippen LogP contribution in [0.15, 0.2) is 12.7 Å². The number of hydrogen-bond donors (Lipinski definition) is 3. The molecule has 2 atom stereocenters. The molecular weight excluding hydrogens is 170 g/mol. The molecule has 0 rings (SSSR count). The quantitative estimate of drug-likeness (QED) is 0.356. The first-order valence-electron chi connectivity index (χ1n) is 4.42. The minimum absolute atomic E-state index is 0.291. The Kier molecular flexibility index (Phi) is 7.93. The van der Waals surface area contributed by atoms with Gasteiger partial charge in [-0.25, -0.2) is 0 Å². The van der Waals surface area contributed by atoms with E-state index in [1.165, 1.54) is 0 Å². The van der Waals surface area contributed by atoms with Gasteiger partial charge < -0.3 is 20.3 Å². The zero-order chi connectivity index (χ0) is 10.1. The third-order valence-electron chi connectivity index (χ3n) is 1.37. The van der Waals surface area contributed by atoms with Crippen molar-refractivity contribution in [1.29, 1.82) is 0 Å². The summed E-state index contributed by atoms with van der Waals surface area (Å²) in [6.07, 6.45) is 0.718. The molecule has 4 heteroatoms. The molecule has 0 saturated heterocycles. The molecule has 4 nitrogen and oxygen atoms in total. The van der Waals surface area contributed by atoms with Crippen molar-refractivity contribution in [2.24, 2.45) is 0 Å². The first-order chi connectivity index (χ1) is 6.16. The van der Waals surface area contributed by atoms with Crippen LogP contribution >= 0.6 is 0 Å². The van der Waals surface area contributed by atoms with E-state index >= 15 is 0 Å². The lowest BCUT2D eigenvalue weighted by molar-refractivity contribution is 0.0477. The summed E-state index contributed by atoms with van der Waals surface area (Å²) in [6.45, 7) is 6.84. The second kappa shape index (κ2) is 8.19. The molecular formula is C9H19NO3. The van der Waals surface area contributed by atoms with Gasteiger partial charge in [0.05, 0.1) is 25.4 Å². The third-order valence-corrected chi connectivity index (χ3v) is 1.37. The zero-order valence-corrected chi connectivity index (χ0v) is 8.07. The van der Waals surface area contributed by atoms with Gasteiger partial charge in [0.25, 0.3) is 0 Å². The van der Waals surface area contributed by atoms with Crippen LogP contribution in [0.4, 0.5) is 0 Å². The summed E-state index contributed by atoms with van der Waals surface area (Å²) in [6, 6.07) is 0. The van der Waals surface area contributed by atoms with Gasteiger partial charge in [0.2, 0.25) is 0 Å². The monoisotopic (exact) mass is 189 g/mol. The van der Waals surface area contributed by atoms with E-state index in [1.807, 2.05) is 0 Å². The molecule has 3 N–H and O–H groups in total. The van der Waals surface area contributed by atoms with Crippen LogP contribution in [0.25, 0.3) is 0 Å². The van der Waals surface area contributed by atoms with Crippen molar-refractivity contribution < 1.29 is 14.9 Å². The number of aliphatic hydroxyl groups excluding tert-OH is 2. The van der Waals surface area contributed by atoms with E-state index in [4.69, 9.17) is 9.84 Å². The highest BCUT2D eigenvalue weighted by molar-refractivity contribution is 4.66. The van der Waals surface area contributed by atoms with Crippen LogP contribution in [0.5, 0.6) is 0 Å². The van der Waals surface area contributed by atoms with E-state index in [1.54, 1.807) is 13.0 Å². The lowest BCUT2D eigenvalue weighted by Gasteiger charge is -2.12. The minimum atomic E-state index is -0.529. The van der Waals surface area contributed by atoms with E-state index in [-0.39, 0.29) is 6.10 Å². The first-order valence-corrected chi connectivity index (χ1v) is 4.42. The van der Waals surface area contributed by atoms with Crippen LogP contribution in [-0.2, 0) is 4.74 Å². The molecule has 0 aromatic carbocycles. The molecule has 0 aromatic heterocycles. The summed E-state index contributed by atoms with van der Waals surface area (Å²) in [5.41, 5.74) is 0. The molecule has 0 heterocycles. The van der Waals surface area contributed by atoms with Gasteiger partial charge in [0, 0.05) is 13.1 Å². The molecule has 0 amide bonds. The molecule has 0 radical (unpaired) electrons. The smallest absolute Gasteiger partial charge is 0.0897 e. The van der Waals surface area contributed by atoms with Gasteiger partial charge in [-0.3, -0.25) is 0 Å². The molecule has 0 aromatic rings. The Labute approximate surface area is 79.2 Å². The molecule has 0 aliphatic rings. The number of ether oxygens (including phenoxy) is 1. The van der Waals surface area contributed by atoms with Gasteiger partial charge in [-0.1, -0.05) is 6.08 Å². The highest BCUT2D eigenvalue weighted by atomic mass is 16.5. The average molecular weight is 189 g/mol. The van der Waals surface area contributed by atoms with Crippen LogP contribution in [0, 0.1) is 0 Å². The van der Waals surface area contributed by atoms with Gasteiger partial charge in [-0.15, -0.1) is 6.58 Å². The molecule has 2 unspecified atom stereocenters. The summed E-state index contributed by atoms with van der Waals surface area (Å²) in [5, 5.41) is 21.1. The lowest BCUT2D eigenvalue weighted by Crippen LogP contribution is -2.34. The Morgan fingerprint density at radius 2 is 2.15 bits per heavy atom. The van der Waals surface area contributed by atoms with Crippen LogP contribution in [-0.4, -0.2) is 48.7 Å². The first kappa shape index (κ1) is 12.6. The average Bonchev–Trinajstić information content (AvgIpc) is 2.04. The Morgan fingerprint density at radius 1 is 1.46 bits per heavy atom. The fourth-order valence-electron chi connectivity index (χ4n) is 0.805. The van der Waals surface area contributed by atoms with Gasteiger partial charge >= 0.3 is 0 Å². The van der Waals surface area contributed by atoms with Gasteiger partial charge in [0.1, 0.15) is 0 Å². The molecule has 0 fully saturated rings. The van der Waals surface area contributed by atoms with Crippen LogP contribution < -0.4 is 5.32 Å². The summed E-state index contributed by atoms with van der Waals surface area (Å²) >= 11 is 0. The van der Waals surface area contributed by atoms with Gasteiger partial charge in [-0.05, 0) is 6.92 Å². The molecule has 78 valence electrons. The van der Waals surface area contributed by atoms with Crippen LogP contribution in [0.3, 0.4) is 0 Å². The maximum absolute atomic E-state index is 9.29. The highest BCUT2D eigenvalue weighted by Crippen LogP contribution is 1.84.